The Labute approximate surface area is 147 Å². The lowest BCUT2D eigenvalue weighted by Crippen LogP contribution is -2.50. The number of para-hydroxylation sites is 2. The minimum atomic E-state index is -0.146. The van der Waals surface area contributed by atoms with E-state index in [1.54, 1.807) is 0 Å². The monoisotopic (exact) mass is 344 g/mol. The maximum absolute atomic E-state index is 12.7. The van der Waals surface area contributed by atoms with Gasteiger partial charge in [0.25, 0.3) is 0 Å². The summed E-state index contributed by atoms with van der Waals surface area (Å²) in [7, 11) is 0. The van der Waals surface area contributed by atoms with Crippen LogP contribution < -0.4 is 0 Å². The highest BCUT2D eigenvalue weighted by Gasteiger charge is 2.25. The summed E-state index contributed by atoms with van der Waals surface area (Å²) in [5, 5.41) is 0.703. The van der Waals surface area contributed by atoms with Crippen LogP contribution in [0.25, 0.3) is 11.0 Å². The van der Waals surface area contributed by atoms with E-state index in [0.717, 1.165) is 54.5 Å². The second-order valence-corrected chi connectivity index (χ2v) is 7.45. The molecular formula is C18H24N4OS. The number of hydrogen-bond acceptors (Lipinski definition) is 5. The Balaban J connectivity index is 1.69. The smallest absolute Gasteiger partial charge is 0.235 e. The maximum Gasteiger partial charge on any atom is 0.235 e. The molecule has 2 heterocycles. The molecule has 0 spiro atoms. The molecule has 2 aromatic rings. The van der Waals surface area contributed by atoms with Gasteiger partial charge in [-0.3, -0.25) is 4.79 Å². The molecule has 0 saturated carbocycles. The molecule has 5 nitrogen and oxygen atoms in total. The zero-order valence-corrected chi connectivity index (χ0v) is 15.3. The molecule has 0 bridgehead atoms. The minimum Gasteiger partial charge on any atom is -0.339 e. The second-order valence-electron chi connectivity index (χ2n) is 6.12. The first-order valence-corrected chi connectivity index (χ1v) is 9.37. The Kier molecular flexibility index (Phi) is 5.36. The van der Waals surface area contributed by atoms with Crippen LogP contribution in [-0.4, -0.2) is 63.6 Å². The molecule has 24 heavy (non-hydrogen) atoms. The molecule has 0 aliphatic carbocycles. The fourth-order valence-electron chi connectivity index (χ4n) is 2.94. The van der Waals surface area contributed by atoms with Crippen LogP contribution >= 0.6 is 11.8 Å². The molecule has 6 heteroatoms. The van der Waals surface area contributed by atoms with Crippen molar-refractivity contribution < 1.29 is 4.79 Å². The van der Waals surface area contributed by atoms with Gasteiger partial charge in [-0.05, 0) is 32.5 Å². The summed E-state index contributed by atoms with van der Waals surface area (Å²) >= 11 is 1.51. The molecule has 1 aliphatic heterocycles. The van der Waals surface area contributed by atoms with E-state index in [1.165, 1.54) is 11.8 Å². The van der Waals surface area contributed by atoms with Crippen molar-refractivity contribution in [2.75, 3.05) is 32.7 Å². The van der Waals surface area contributed by atoms with Gasteiger partial charge >= 0.3 is 0 Å². The summed E-state index contributed by atoms with van der Waals surface area (Å²) in [5.74, 6) is 0.199. The Morgan fingerprint density at radius 3 is 2.42 bits per heavy atom. The number of thioether (sulfide) groups is 1. The second kappa shape index (κ2) is 7.49. The van der Waals surface area contributed by atoms with Crippen LogP contribution in [0.3, 0.4) is 0 Å². The van der Waals surface area contributed by atoms with Crippen LogP contribution in [0.15, 0.2) is 29.3 Å². The van der Waals surface area contributed by atoms with Crippen molar-refractivity contribution in [3.8, 4) is 0 Å². The number of fused-ring (bicyclic) bond motifs is 1. The molecule has 1 fully saturated rings. The average Bonchev–Trinajstić information content (AvgIpc) is 2.61. The molecule has 1 atom stereocenters. The van der Waals surface area contributed by atoms with Gasteiger partial charge in [0, 0.05) is 26.2 Å². The van der Waals surface area contributed by atoms with E-state index in [-0.39, 0.29) is 11.2 Å². The number of aromatic nitrogens is 2. The topological polar surface area (TPSA) is 49.3 Å². The van der Waals surface area contributed by atoms with Crippen molar-refractivity contribution in [3.05, 3.63) is 30.0 Å². The summed E-state index contributed by atoms with van der Waals surface area (Å²) in [5.41, 5.74) is 2.66. The number of nitrogens with zero attached hydrogens (tertiary/aromatic N) is 4. The molecule has 1 aromatic carbocycles. The molecule has 1 unspecified atom stereocenters. The molecule has 3 rings (SSSR count). The number of carbonyl (C=O) groups is 1. The molecule has 0 radical (unpaired) electrons. The highest BCUT2D eigenvalue weighted by molar-refractivity contribution is 8.00. The number of amides is 1. The van der Waals surface area contributed by atoms with Gasteiger partial charge < -0.3 is 9.80 Å². The Morgan fingerprint density at radius 2 is 1.79 bits per heavy atom. The van der Waals surface area contributed by atoms with Crippen LogP contribution in [0.1, 0.15) is 19.5 Å². The van der Waals surface area contributed by atoms with E-state index in [1.807, 2.05) is 43.0 Å². The third-order valence-electron chi connectivity index (χ3n) is 4.47. The summed E-state index contributed by atoms with van der Waals surface area (Å²) in [4.78, 5) is 26.4. The molecular weight excluding hydrogens is 320 g/mol. The molecule has 1 aliphatic rings. The number of hydrogen-bond donors (Lipinski definition) is 0. The predicted molar refractivity (Wildman–Crippen MR) is 98.3 cm³/mol. The van der Waals surface area contributed by atoms with Gasteiger partial charge in [-0.2, -0.15) is 0 Å². The van der Waals surface area contributed by atoms with E-state index in [2.05, 4.69) is 21.8 Å². The molecule has 1 aromatic heterocycles. The van der Waals surface area contributed by atoms with Crippen molar-refractivity contribution in [1.29, 1.82) is 0 Å². The molecule has 1 saturated heterocycles. The van der Waals surface area contributed by atoms with Gasteiger partial charge in [-0.1, -0.05) is 30.8 Å². The average molecular weight is 344 g/mol. The highest BCUT2D eigenvalue weighted by Crippen LogP contribution is 2.27. The lowest BCUT2D eigenvalue weighted by Gasteiger charge is -2.35. The largest absolute Gasteiger partial charge is 0.339 e. The molecule has 128 valence electrons. The van der Waals surface area contributed by atoms with E-state index in [9.17, 15) is 4.79 Å². The lowest BCUT2D eigenvalue weighted by molar-refractivity contribution is -0.132. The molecule has 1 amide bonds. The van der Waals surface area contributed by atoms with Crippen molar-refractivity contribution in [3.63, 3.8) is 0 Å². The highest BCUT2D eigenvalue weighted by atomic mass is 32.2. The van der Waals surface area contributed by atoms with Crippen molar-refractivity contribution in [2.24, 2.45) is 0 Å². The fourth-order valence-corrected chi connectivity index (χ4v) is 3.90. The first kappa shape index (κ1) is 17.2. The van der Waals surface area contributed by atoms with Crippen LogP contribution in [0.2, 0.25) is 0 Å². The third-order valence-corrected chi connectivity index (χ3v) is 5.63. The quantitative estimate of drug-likeness (QED) is 0.798. The Hall–Kier alpha value is -1.66. The normalized spacial score (nSPS) is 17.2. The number of piperazine rings is 1. The summed E-state index contributed by atoms with van der Waals surface area (Å²) in [6, 6.07) is 7.85. The first-order valence-electron chi connectivity index (χ1n) is 8.49. The van der Waals surface area contributed by atoms with E-state index < -0.39 is 0 Å². The number of carbonyl (C=O) groups excluding carboxylic acids is 1. The van der Waals surface area contributed by atoms with Crippen molar-refractivity contribution in [2.45, 2.75) is 31.0 Å². The zero-order valence-electron chi connectivity index (χ0n) is 14.5. The van der Waals surface area contributed by atoms with Crippen LogP contribution in [-0.2, 0) is 4.79 Å². The minimum absolute atomic E-state index is 0.146. The maximum atomic E-state index is 12.7. The standard InChI is InChI=1S/C18H24N4OS/c1-4-21-9-11-22(12-10-21)18(23)14(3)24-17-13(2)19-15-7-5-6-8-16(15)20-17/h5-8,14H,4,9-12H2,1-3H3. The zero-order chi connectivity index (χ0) is 17.1. The lowest BCUT2D eigenvalue weighted by atomic mass is 10.3. The third kappa shape index (κ3) is 3.70. The van der Waals surface area contributed by atoms with Crippen molar-refractivity contribution in [1.82, 2.24) is 19.8 Å². The van der Waals surface area contributed by atoms with Gasteiger partial charge in [0.15, 0.2) is 0 Å². The Bertz CT molecular complexity index is 728. The molecule has 0 N–H and O–H groups in total. The summed E-state index contributed by atoms with van der Waals surface area (Å²) < 4.78 is 0. The SMILES string of the molecule is CCN1CCN(C(=O)C(C)Sc2nc3ccccc3nc2C)CC1. The number of aryl methyl sites for hydroxylation is 1. The first-order chi connectivity index (χ1) is 11.6. The number of rotatable bonds is 4. The van der Waals surface area contributed by atoms with E-state index in [0.29, 0.717) is 0 Å². The van der Waals surface area contributed by atoms with Crippen LogP contribution in [0.4, 0.5) is 0 Å². The van der Waals surface area contributed by atoms with Gasteiger partial charge in [0.05, 0.1) is 22.0 Å². The number of likely N-dealkylation sites (N-methyl/N-ethyl adjacent to an activating group) is 1. The summed E-state index contributed by atoms with van der Waals surface area (Å²) in [6.45, 7) is 10.7. The fraction of sp³-hybridized carbons (Fsp3) is 0.500. The number of benzene rings is 1. The Morgan fingerprint density at radius 1 is 1.17 bits per heavy atom. The van der Waals surface area contributed by atoms with Crippen LogP contribution in [0, 0.1) is 6.92 Å². The predicted octanol–water partition coefficient (Wildman–Crippen LogP) is 2.58. The van der Waals surface area contributed by atoms with Gasteiger partial charge in [0.2, 0.25) is 5.91 Å². The van der Waals surface area contributed by atoms with E-state index >= 15 is 0 Å². The van der Waals surface area contributed by atoms with Gasteiger partial charge in [-0.15, -0.1) is 0 Å². The van der Waals surface area contributed by atoms with Gasteiger partial charge in [0.1, 0.15) is 5.03 Å². The van der Waals surface area contributed by atoms with Crippen LogP contribution in [0.5, 0.6) is 0 Å². The van der Waals surface area contributed by atoms with Crippen molar-refractivity contribution >= 4 is 28.7 Å². The van der Waals surface area contributed by atoms with Gasteiger partial charge in [-0.25, -0.2) is 9.97 Å². The summed E-state index contributed by atoms with van der Waals surface area (Å²) in [6.07, 6.45) is 0. The van der Waals surface area contributed by atoms with E-state index in [4.69, 9.17) is 0 Å².